The molecule has 0 aliphatic rings. The second kappa shape index (κ2) is 41.3. The van der Waals surface area contributed by atoms with Gasteiger partial charge in [0.1, 0.15) is 6.10 Å². The zero-order valence-corrected chi connectivity index (χ0v) is 33.2. The maximum atomic E-state index is 12.6. The number of carbonyl (C=O) groups excluding carboxylic acids is 1. The van der Waals surface area contributed by atoms with Crippen molar-refractivity contribution in [3.05, 3.63) is 48.6 Å². The number of rotatable bonds is 39. The van der Waals surface area contributed by atoms with Crippen molar-refractivity contribution in [1.29, 1.82) is 0 Å². The highest BCUT2D eigenvalue weighted by atomic mass is 16.5. The van der Waals surface area contributed by atoms with Gasteiger partial charge in [0.25, 0.3) is 0 Å². The Hall–Kier alpha value is -2.10. The molecule has 0 spiro atoms. The van der Waals surface area contributed by atoms with Crippen molar-refractivity contribution in [2.45, 2.75) is 232 Å². The predicted octanol–water partition coefficient (Wildman–Crippen LogP) is 15.1. The van der Waals surface area contributed by atoms with E-state index in [1.54, 1.807) is 0 Å². The van der Waals surface area contributed by atoms with Gasteiger partial charge in [-0.2, -0.15) is 0 Å². The summed E-state index contributed by atoms with van der Waals surface area (Å²) in [6.07, 6.45) is 56.0. The van der Waals surface area contributed by atoms with Crippen LogP contribution in [0, 0.1) is 0 Å². The molecule has 1 atom stereocenters. The smallest absolute Gasteiger partial charge is 0.306 e. The third-order valence-corrected chi connectivity index (χ3v) is 9.55. The fourth-order valence-corrected chi connectivity index (χ4v) is 6.34. The molecule has 0 heterocycles. The van der Waals surface area contributed by atoms with Crippen molar-refractivity contribution >= 4 is 11.9 Å². The van der Waals surface area contributed by atoms with Crippen molar-refractivity contribution in [2.24, 2.45) is 0 Å². The van der Waals surface area contributed by atoms with Crippen molar-refractivity contribution in [1.82, 2.24) is 0 Å². The van der Waals surface area contributed by atoms with Gasteiger partial charge in [-0.05, 0) is 83.5 Å². The van der Waals surface area contributed by atoms with Crippen LogP contribution in [-0.4, -0.2) is 23.1 Å². The normalized spacial score (nSPS) is 12.7. The van der Waals surface area contributed by atoms with E-state index in [1.165, 1.54) is 128 Å². The summed E-state index contributed by atoms with van der Waals surface area (Å²) in [5, 5.41) is 8.69. The zero-order valence-electron chi connectivity index (χ0n) is 33.2. The average molecular weight is 699 g/mol. The lowest BCUT2D eigenvalue weighted by Crippen LogP contribution is -2.18. The molecule has 1 N–H and O–H groups in total. The van der Waals surface area contributed by atoms with Crippen LogP contribution in [0.3, 0.4) is 0 Å². The zero-order chi connectivity index (χ0) is 36.4. The van der Waals surface area contributed by atoms with Crippen LogP contribution in [0.2, 0.25) is 0 Å². The number of unbranched alkanes of at least 4 members (excludes halogenated alkanes) is 22. The summed E-state index contributed by atoms with van der Waals surface area (Å²) in [5.41, 5.74) is 0. The lowest BCUT2D eigenvalue weighted by Gasteiger charge is -2.18. The Kier molecular flexibility index (Phi) is 39.6. The van der Waals surface area contributed by atoms with Crippen LogP contribution in [-0.2, 0) is 14.3 Å². The molecular formula is C46H82O4. The van der Waals surface area contributed by atoms with Gasteiger partial charge in [-0.15, -0.1) is 0 Å². The number of ether oxygens (including phenoxy) is 1. The number of carboxylic acid groups (broad SMARTS) is 1. The monoisotopic (exact) mass is 699 g/mol. The molecule has 1 unspecified atom stereocenters. The molecule has 0 aliphatic heterocycles. The molecular weight excluding hydrogens is 617 g/mol. The van der Waals surface area contributed by atoms with Crippen molar-refractivity contribution in [3.8, 4) is 0 Å². The largest absolute Gasteiger partial charge is 0.481 e. The van der Waals surface area contributed by atoms with Gasteiger partial charge in [0, 0.05) is 12.8 Å². The third-order valence-electron chi connectivity index (χ3n) is 9.55. The van der Waals surface area contributed by atoms with Crippen LogP contribution < -0.4 is 0 Å². The Morgan fingerprint density at radius 3 is 1.24 bits per heavy atom. The molecule has 4 heteroatoms. The fraction of sp³-hybridized carbons (Fsp3) is 0.783. The first-order chi connectivity index (χ1) is 24.6. The van der Waals surface area contributed by atoms with Gasteiger partial charge >= 0.3 is 11.9 Å². The maximum absolute atomic E-state index is 12.6. The van der Waals surface area contributed by atoms with Crippen molar-refractivity contribution in [2.75, 3.05) is 0 Å². The van der Waals surface area contributed by atoms with Gasteiger partial charge in [-0.1, -0.05) is 178 Å². The number of allylic oxidation sites excluding steroid dienone is 8. The second-order valence-electron chi connectivity index (χ2n) is 14.5. The lowest BCUT2D eigenvalue weighted by atomic mass is 10.0. The summed E-state index contributed by atoms with van der Waals surface area (Å²) in [7, 11) is 0. The summed E-state index contributed by atoms with van der Waals surface area (Å²) in [6, 6.07) is 0. The van der Waals surface area contributed by atoms with E-state index in [1.807, 2.05) is 0 Å². The Morgan fingerprint density at radius 2 is 0.780 bits per heavy atom. The van der Waals surface area contributed by atoms with Gasteiger partial charge < -0.3 is 9.84 Å². The number of hydrogen-bond acceptors (Lipinski definition) is 3. The van der Waals surface area contributed by atoms with E-state index in [0.29, 0.717) is 12.8 Å². The Labute approximate surface area is 311 Å². The van der Waals surface area contributed by atoms with Crippen molar-refractivity contribution in [3.63, 3.8) is 0 Å². The van der Waals surface area contributed by atoms with E-state index in [9.17, 15) is 9.59 Å². The minimum absolute atomic E-state index is 0.0152. The van der Waals surface area contributed by atoms with Crippen LogP contribution in [0.4, 0.5) is 0 Å². The first-order valence-corrected chi connectivity index (χ1v) is 21.6. The molecule has 0 saturated carbocycles. The molecule has 4 nitrogen and oxygen atoms in total. The second-order valence-corrected chi connectivity index (χ2v) is 14.5. The maximum Gasteiger partial charge on any atom is 0.306 e. The summed E-state index contributed by atoms with van der Waals surface area (Å²) in [4.78, 5) is 23.2. The number of carbonyl (C=O) groups is 2. The highest BCUT2D eigenvalue weighted by molar-refractivity contribution is 5.69. The molecule has 0 aromatic rings. The first kappa shape index (κ1) is 47.9. The Balaban J connectivity index is 3.86. The summed E-state index contributed by atoms with van der Waals surface area (Å²) < 4.78 is 6.00. The van der Waals surface area contributed by atoms with Gasteiger partial charge in [-0.3, -0.25) is 9.59 Å². The van der Waals surface area contributed by atoms with Gasteiger partial charge in [0.2, 0.25) is 0 Å². The molecule has 0 rings (SSSR count). The lowest BCUT2D eigenvalue weighted by molar-refractivity contribution is -0.150. The molecule has 0 amide bonds. The van der Waals surface area contributed by atoms with Crippen LogP contribution in [0.15, 0.2) is 48.6 Å². The van der Waals surface area contributed by atoms with Crippen molar-refractivity contribution < 1.29 is 19.4 Å². The number of hydrogen-bond donors (Lipinski definition) is 1. The minimum atomic E-state index is -0.667. The standard InChI is InChI=1S/C46H82O4/c1-3-5-7-9-10-11-12-13-14-15-16-17-18-23-26-29-32-35-39-43-46(49)50-44(40-36-8-6-4-2)41-37-33-30-27-24-21-19-20-22-25-28-31-34-38-42-45(47)48/h10-11,13-14,16-17,23,26,44H,3-9,12,15,18-22,24-25,27-43H2,1-2H3,(H,47,48)/b11-10-,14-13-,17-16-,26-23-. The van der Waals surface area contributed by atoms with Crippen LogP contribution >= 0.6 is 0 Å². The SMILES string of the molecule is CCCCC/C=C\C/C=C\C/C=C\C/C=C\CCCCCC(=O)OC(CCCCCC)CCCCCCCCCCCCCCCCC(=O)O. The Bertz CT molecular complexity index is 839. The minimum Gasteiger partial charge on any atom is -0.481 e. The molecule has 50 heavy (non-hydrogen) atoms. The number of carboxylic acids is 1. The van der Waals surface area contributed by atoms with Gasteiger partial charge in [-0.25, -0.2) is 0 Å². The number of esters is 1. The van der Waals surface area contributed by atoms with Gasteiger partial charge in [0.15, 0.2) is 0 Å². The molecule has 0 aromatic heterocycles. The molecule has 0 aliphatic carbocycles. The molecule has 0 radical (unpaired) electrons. The fourth-order valence-electron chi connectivity index (χ4n) is 6.34. The summed E-state index contributed by atoms with van der Waals surface area (Å²) in [6.45, 7) is 4.50. The highest BCUT2D eigenvalue weighted by Gasteiger charge is 2.14. The molecule has 0 bridgehead atoms. The van der Waals surface area contributed by atoms with Gasteiger partial charge in [0.05, 0.1) is 0 Å². The molecule has 290 valence electrons. The quantitative estimate of drug-likeness (QED) is 0.0394. The van der Waals surface area contributed by atoms with Crippen LogP contribution in [0.25, 0.3) is 0 Å². The van der Waals surface area contributed by atoms with E-state index < -0.39 is 5.97 Å². The Morgan fingerprint density at radius 1 is 0.440 bits per heavy atom. The average Bonchev–Trinajstić information content (AvgIpc) is 3.10. The van der Waals surface area contributed by atoms with Crippen LogP contribution in [0.5, 0.6) is 0 Å². The van der Waals surface area contributed by atoms with E-state index in [-0.39, 0.29) is 12.1 Å². The molecule has 0 saturated heterocycles. The van der Waals surface area contributed by atoms with Crippen LogP contribution in [0.1, 0.15) is 226 Å². The first-order valence-electron chi connectivity index (χ1n) is 21.6. The number of aliphatic carboxylic acids is 1. The third kappa shape index (κ3) is 40.3. The molecule has 0 fully saturated rings. The summed E-state index contributed by atoms with van der Waals surface area (Å²) >= 11 is 0. The molecule has 0 aromatic carbocycles. The van der Waals surface area contributed by atoms with E-state index in [2.05, 4.69) is 62.5 Å². The van der Waals surface area contributed by atoms with E-state index in [4.69, 9.17) is 9.84 Å². The highest BCUT2D eigenvalue weighted by Crippen LogP contribution is 2.18. The van der Waals surface area contributed by atoms with E-state index >= 15 is 0 Å². The predicted molar refractivity (Wildman–Crippen MR) is 218 cm³/mol. The topological polar surface area (TPSA) is 63.6 Å². The van der Waals surface area contributed by atoms with E-state index in [0.717, 1.165) is 70.6 Å². The summed E-state index contributed by atoms with van der Waals surface area (Å²) in [5.74, 6) is -0.652.